The van der Waals surface area contributed by atoms with Crippen LogP contribution in [0, 0.1) is 0 Å². The molecule has 0 radical (unpaired) electrons. The van der Waals surface area contributed by atoms with Crippen molar-refractivity contribution in [3.63, 3.8) is 0 Å². The van der Waals surface area contributed by atoms with Crippen LogP contribution in [0.5, 0.6) is 5.75 Å². The van der Waals surface area contributed by atoms with Crippen molar-refractivity contribution in [2.24, 2.45) is 0 Å². The minimum atomic E-state index is -0.964. The normalized spacial score (nSPS) is 19.8. The number of aromatic hydroxyl groups is 1. The fourth-order valence-electron chi connectivity index (χ4n) is 3.03. The van der Waals surface area contributed by atoms with Crippen molar-refractivity contribution in [2.75, 3.05) is 13.1 Å². The molecule has 4 heteroatoms. The number of nitrogens with zero attached hydrogens (tertiary/aromatic N) is 1. The summed E-state index contributed by atoms with van der Waals surface area (Å²) in [6, 6.07) is 6.57. The van der Waals surface area contributed by atoms with Crippen LogP contribution in [0.3, 0.4) is 0 Å². The highest BCUT2D eigenvalue weighted by molar-refractivity contribution is 5.81. The molecule has 2 N–H and O–H groups in total. The number of hydrogen-bond acceptors (Lipinski definition) is 3. The lowest BCUT2D eigenvalue weighted by atomic mass is 9.84. The molecule has 1 atom stereocenters. The average Bonchev–Trinajstić information content (AvgIpc) is 2.43. The van der Waals surface area contributed by atoms with Gasteiger partial charge in [-0.15, -0.1) is 0 Å². The highest BCUT2D eigenvalue weighted by atomic mass is 16.4. The summed E-state index contributed by atoms with van der Waals surface area (Å²) < 4.78 is 0. The molecule has 0 bridgehead atoms. The lowest BCUT2D eigenvalue weighted by Crippen LogP contribution is -2.53. The monoisotopic (exact) mass is 263 g/mol. The number of phenolic OH excluding ortho intramolecular Hbond substituents is 1. The second kappa shape index (κ2) is 5.61. The quantitative estimate of drug-likeness (QED) is 0.876. The SMILES string of the molecule is CCC(C(=O)O)(c1ccc(O)cc1)N1CCCCC1. The van der Waals surface area contributed by atoms with Gasteiger partial charge in [-0.25, -0.2) is 4.79 Å². The first-order valence-electron chi connectivity index (χ1n) is 6.89. The second-order valence-electron chi connectivity index (χ2n) is 5.11. The zero-order chi connectivity index (χ0) is 13.9. The molecule has 1 saturated heterocycles. The van der Waals surface area contributed by atoms with Gasteiger partial charge in [0, 0.05) is 0 Å². The number of hydrogen-bond donors (Lipinski definition) is 2. The zero-order valence-corrected chi connectivity index (χ0v) is 11.3. The molecule has 2 rings (SSSR count). The van der Waals surface area contributed by atoms with Gasteiger partial charge in [0.25, 0.3) is 0 Å². The molecule has 0 saturated carbocycles. The van der Waals surface area contributed by atoms with E-state index >= 15 is 0 Å². The summed E-state index contributed by atoms with van der Waals surface area (Å²) in [5.41, 5.74) is -0.212. The first-order chi connectivity index (χ1) is 9.11. The first-order valence-corrected chi connectivity index (χ1v) is 6.89. The van der Waals surface area contributed by atoms with Crippen LogP contribution in [0.15, 0.2) is 24.3 Å². The van der Waals surface area contributed by atoms with E-state index in [-0.39, 0.29) is 5.75 Å². The predicted molar refractivity (Wildman–Crippen MR) is 73.1 cm³/mol. The molecular formula is C15H21NO3. The topological polar surface area (TPSA) is 60.8 Å². The highest BCUT2D eigenvalue weighted by Gasteiger charge is 2.44. The van der Waals surface area contributed by atoms with E-state index in [9.17, 15) is 15.0 Å². The van der Waals surface area contributed by atoms with E-state index in [1.807, 2.05) is 6.92 Å². The van der Waals surface area contributed by atoms with Crippen molar-refractivity contribution in [1.29, 1.82) is 0 Å². The lowest BCUT2D eigenvalue weighted by Gasteiger charge is -2.42. The Kier molecular flexibility index (Phi) is 4.10. The van der Waals surface area contributed by atoms with Crippen LogP contribution in [0.4, 0.5) is 0 Å². The maximum absolute atomic E-state index is 11.9. The molecule has 1 unspecified atom stereocenters. The van der Waals surface area contributed by atoms with E-state index in [0.717, 1.165) is 31.5 Å². The molecule has 0 aromatic heterocycles. The second-order valence-corrected chi connectivity index (χ2v) is 5.11. The van der Waals surface area contributed by atoms with Crippen molar-refractivity contribution in [2.45, 2.75) is 38.1 Å². The zero-order valence-electron chi connectivity index (χ0n) is 11.3. The number of carboxylic acids is 1. The number of likely N-dealkylation sites (tertiary alicyclic amines) is 1. The Bertz CT molecular complexity index is 437. The van der Waals surface area contributed by atoms with Gasteiger partial charge in [-0.3, -0.25) is 4.90 Å². The molecule has 1 aliphatic heterocycles. The average molecular weight is 263 g/mol. The number of piperidine rings is 1. The van der Waals surface area contributed by atoms with Crippen LogP contribution in [0.25, 0.3) is 0 Å². The van der Waals surface area contributed by atoms with Crippen molar-refractivity contribution in [3.05, 3.63) is 29.8 Å². The third-order valence-corrected chi connectivity index (χ3v) is 4.11. The Labute approximate surface area is 113 Å². The Morgan fingerprint density at radius 2 is 1.79 bits per heavy atom. The number of carbonyl (C=O) groups is 1. The smallest absolute Gasteiger partial charge is 0.328 e. The van der Waals surface area contributed by atoms with E-state index in [2.05, 4.69) is 4.90 Å². The molecule has 1 aromatic rings. The molecule has 1 aromatic carbocycles. The molecule has 0 amide bonds. The van der Waals surface area contributed by atoms with Gasteiger partial charge in [0.2, 0.25) is 0 Å². The van der Waals surface area contributed by atoms with Gasteiger partial charge < -0.3 is 10.2 Å². The molecule has 19 heavy (non-hydrogen) atoms. The van der Waals surface area contributed by atoms with Gasteiger partial charge in [0.1, 0.15) is 11.3 Å². The highest BCUT2D eigenvalue weighted by Crippen LogP contribution is 2.35. The van der Waals surface area contributed by atoms with E-state index in [0.29, 0.717) is 6.42 Å². The summed E-state index contributed by atoms with van der Waals surface area (Å²) in [6.07, 6.45) is 3.79. The van der Waals surface area contributed by atoms with Gasteiger partial charge >= 0.3 is 5.97 Å². The fourth-order valence-corrected chi connectivity index (χ4v) is 3.03. The van der Waals surface area contributed by atoms with Crippen LogP contribution in [-0.2, 0) is 10.3 Å². The molecule has 1 aliphatic rings. The lowest BCUT2D eigenvalue weighted by molar-refractivity contribution is -0.154. The number of aliphatic carboxylic acids is 1. The number of carboxylic acid groups (broad SMARTS) is 1. The van der Waals surface area contributed by atoms with E-state index in [4.69, 9.17) is 0 Å². The Morgan fingerprint density at radius 3 is 2.26 bits per heavy atom. The summed E-state index contributed by atoms with van der Waals surface area (Å²) in [7, 11) is 0. The van der Waals surface area contributed by atoms with Gasteiger partial charge in [-0.2, -0.15) is 0 Å². The summed E-state index contributed by atoms with van der Waals surface area (Å²) >= 11 is 0. The van der Waals surface area contributed by atoms with E-state index in [1.165, 1.54) is 6.42 Å². The Hall–Kier alpha value is -1.55. The summed E-state index contributed by atoms with van der Waals surface area (Å²) in [6.45, 7) is 3.55. The van der Waals surface area contributed by atoms with Crippen LogP contribution < -0.4 is 0 Å². The van der Waals surface area contributed by atoms with Crippen LogP contribution >= 0.6 is 0 Å². The van der Waals surface area contributed by atoms with Gasteiger partial charge in [-0.1, -0.05) is 25.5 Å². The molecule has 1 heterocycles. The first kappa shape index (κ1) is 13.9. The maximum Gasteiger partial charge on any atom is 0.328 e. The minimum absolute atomic E-state index is 0.165. The van der Waals surface area contributed by atoms with Crippen LogP contribution in [0.1, 0.15) is 38.2 Å². The fraction of sp³-hybridized carbons (Fsp3) is 0.533. The van der Waals surface area contributed by atoms with Crippen molar-refractivity contribution in [3.8, 4) is 5.75 Å². The standard InChI is InChI=1S/C15H21NO3/c1-2-15(14(18)19,16-10-4-3-5-11-16)12-6-8-13(17)9-7-12/h6-9,17H,2-5,10-11H2,1H3,(H,18,19). The van der Waals surface area contributed by atoms with Gasteiger partial charge in [-0.05, 0) is 50.0 Å². The van der Waals surface area contributed by atoms with Crippen LogP contribution in [-0.4, -0.2) is 34.2 Å². The maximum atomic E-state index is 11.9. The minimum Gasteiger partial charge on any atom is -0.508 e. The van der Waals surface area contributed by atoms with Crippen molar-refractivity contribution < 1.29 is 15.0 Å². The number of phenols is 1. The van der Waals surface area contributed by atoms with Crippen molar-refractivity contribution >= 4 is 5.97 Å². The number of benzene rings is 1. The molecular weight excluding hydrogens is 242 g/mol. The Balaban J connectivity index is 2.43. The molecule has 0 spiro atoms. The molecule has 104 valence electrons. The summed E-state index contributed by atoms with van der Waals surface area (Å²) in [5.74, 6) is -0.639. The van der Waals surface area contributed by atoms with Gasteiger partial charge in [0.15, 0.2) is 0 Å². The van der Waals surface area contributed by atoms with Crippen LogP contribution in [0.2, 0.25) is 0 Å². The third kappa shape index (κ3) is 2.45. The third-order valence-electron chi connectivity index (χ3n) is 4.11. The van der Waals surface area contributed by atoms with Gasteiger partial charge in [0.05, 0.1) is 0 Å². The number of rotatable bonds is 4. The largest absolute Gasteiger partial charge is 0.508 e. The van der Waals surface area contributed by atoms with E-state index < -0.39 is 11.5 Å². The van der Waals surface area contributed by atoms with E-state index in [1.54, 1.807) is 24.3 Å². The molecule has 0 aliphatic carbocycles. The summed E-state index contributed by atoms with van der Waals surface area (Å²) in [5, 5.41) is 19.2. The predicted octanol–water partition coefficient (Wildman–Crippen LogP) is 2.57. The summed E-state index contributed by atoms with van der Waals surface area (Å²) in [4.78, 5) is 14.0. The molecule has 4 nitrogen and oxygen atoms in total. The molecule has 1 fully saturated rings. The van der Waals surface area contributed by atoms with Crippen molar-refractivity contribution in [1.82, 2.24) is 4.90 Å². The Morgan fingerprint density at radius 1 is 1.21 bits per heavy atom.